The van der Waals surface area contributed by atoms with Crippen molar-refractivity contribution >= 4 is 0 Å². The van der Waals surface area contributed by atoms with E-state index in [0.29, 0.717) is 5.56 Å². The van der Waals surface area contributed by atoms with Crippen LogP contribution in [0.2, 0.25) is 0 Å². The lowest BCUT2D eigenvalue weighted by Gasteiger charge is -2.46. The first-order valence-electron chi connectivity index (χ1n) is 12.4. The predicted octanol–water partition coefficient (Wildman–Crippen LogP) is 2.32. The number of aliphatic hydroxyl groups is 6. The van der Waals surface area contributed by atoms with Crippen molar-refractivity contribution in [2.45, 2.75) is 95.2 Å². The van der Waals surface area contributed by atoms with E-state index in [2.05, 4.69) is 6.92 Å². The lowest BCUT2D eigenvalue weighted by atomic mass is 9.71. The number of benzene rings is 2. The Morgan fingerprint density at radius 3 is 1.56 bits per heavy atom. The summed E-state index contributed by atoms with van der Waals surface area (Å²) < 4.78 is 0. The first-order valence-corrected chi connectivity index (χ1v) is 12.4. The third-order valence-corrected chi connectivity index (χ3v) is 6.90. The van der Waals surface area contributed by atoms with Gasteiger partial charge in [-0.1, -0.05) is 82.1 Å². The molecule has 0 aromatic heterocycles. The molecule has 0 saturated carbocycles. The van der Waals surface area contributed by atoms with E-state index in [1.807, 2.05) is 55.5 Å². The molecule has 2 aromatic rings. The van der Waals surface area contributed by atoms with Crippen LogP contribution in [0.3, 0.4) is 0 Å². The molecule has 6 heteroatoms. The van der Waals surface area contributed by atoms with Gasteiger partial charge < -0.3 is 30.6 Å². The van der Waals surface area contributed by atoms with E-state index in [1.54, 1.807) is 6.92 Å². The van der Waals surface area contributed by atoms with Crippen molar-refractivity contribution in [1.29, 1.82) is 0 Å². The number of aryl methyl sites for hydroxylation is 2. The molecule has 190 valence electrons. The Labute approximate surface area is 203 Å². The SMILES string of the molecule is CCCc1ccccc1CC(O)(CC)[C@@H](O)[C@@](O)(Cc1ccccc1CCC)[C@H](O)[C@@H](O)CO. The fraction of sp³-hybridized carbons (Fsp3) is 0.571. The minimum absolute atomic E-state index is 0.0711. The van der Waals surface area contributed by atoms with Crippen molar-refractivity contribution in [3.8, 4) is 0 Å². The Kier molecular flexibility index (Phi) is 10.7. The van der Waals surface area contributed by atoms with Gasteiger partial charge in [-0.2, -0.15) is 0 Å². The molecular formula is C28H42O6. The number of hydrogen-bond acceptors (Lipinski definition) is 6. The molecule has 2 rings (SSSR count). The summed E-state index contributed by atoms with van der Waals surface area (Å²) in [6, 6.07) is 15.1. The van der Waals surface area contributed by atoms with Crippen molar-refractivity contribution in [3.05, 3.63) is 70.8 Å². The van der Waals surface area contributed by atoms with Crippen LogP contribution in [-0.4, -0.2) is 66.8 Å². The monoisotopic (exact) mass is 474 g/mol. The topological polar surface area (TPSA) is 121 Å². The summed E-state index contributed by atoms with van der Waals surface area (Å²) in [6.45, 7) is 5.02. The zero-order valence-electron chi connectivity index (χ0n) is 20.7. The van der Waals surface area contributed by atoms with Crippen LogP contribution in [0, 0.1) is 0 Å². The summed E-state index contributed by atoms with van der Waals surface area (Å²) in [5.74, 6) is 0. The second kappa shape index (κ2) is 12.8. The minimum Gasteiger partial charge on any atom is -0.394 e. The van der Waals surface area contributed by atoms with Gasteiger partial charge in [0.1, 0.15) is 23.9 Å². The Morgan fingerprint density at radius 2 is 1.15 bits per heavy atom. The molecule has 0 aliphatic carbocycles. The van der Waals surface area contributed by atoms with Gasteiger partial charge in [0.25, 0.3) is 0 Å². The highest BCUT2D eigenvalue weighted by Crippen LogP contribution is 2.35. The summed E-state index contributed by atoms with van der Waals surface area (Å²) in [6.07, 6.45) is -2.05. The highest BCUT2D eigenvalue weighted by atomic mass is 16.4. The zero-order chi connectivity index (χ0) is 25.4. The van der Waals surface area contributed by atoms with Gasteiger partial charge in [0.2, 0.25) is 0 Å². The van der Waals surface area contributed by atoms with Crippen LogP contribution in [0.5, 0.6) is 0 Å². The molecule has 0 aliphatic heterocycles. The van der Waals surface area contributed by atoms with E-state index in [-0.39, 0.29) is 19.3 Å². The largest absolute Gasteiger partial charge is 0.394 e. The molecule has 2 aromatic carbocycles. The third-order valence-electron chi connectivity index (χ3n) is 6.90. The van der Waals surface area contributed by atoms with Crippen molar-refractivity contribution in [2.75, 3.05) is 6.61 Å². The van der Waals surface area contributed by atoms with Crippen molar-refractivity contribution in [3.63, 3.8) is 0 Å². The molecule has 0 radical (unpaired) electrons. The van der Waals surface area contributed by atoms with Crippen LogP contribution in [0.25, 0.3) is 0 Å². The quantitative estimate of drug-likeness (QED) is 0.250. The standard InChI is InChI=1S/C28H42O6/c1-4-11-20-13-7-9-15-22(20)17-27(33,6-3)26(32)28(34,25(31)24(30)19-29)18-23-16-10-8-14-21(23)12-5-2/h7-10,13-16,24-26,29-34H,4-6,11-12,17-19H2,1-3H3/t24-,25+,26+,27?,28+/m0/s1. The second-order valence-corrected chi connectivity index (χ2v) is 9.44. The number of hydrogen-bond donors (Lipinski definition) is 6. The normalized spacial score (nSPS) is 18.0. The fourth-order valence-corrected chi connectivity index (χ4v) is 4.80. The van der Waals surface area contributed by atoms with E-state index < -0.39 is 36.1 Å². The molecule has 6 nitrogen and oxygen atoms in total. The lowest BCUT2D eigenvalue weighted by molar-refractivity contribution is -0.229. The maximum absolute atomic E-state index is 11.8. The molecule has 0 aliphatic rings. The van der Waals surface area contributed by atoms with Crippen LogP contribution in [-0.2, 0) is 25.7 Å². The average Bonchev–Trinajstić information content (AvgIpc) is 2.85. The highest BCUT2D eigenvalue weighted by Gasteiger charge is 2.53. The fourth-order valence-electron chi connectivity index (χ4n) is 4.80. The summed E-state index contributed by atoms with van der Waals surface area (Å²) in [5, 5.41) is 65.6. The molecule has 34 heavy (non-hydrogen) atoms. The van der Waals surface area contributed by atoms with Gasteiger partial charge in [-0.3, -0.25) is 0 Å². The Morgan fingerprint density at radius 1 is 0.706 bits per heavy atom. The molecule has 0 amide bonds. The Bertz CT molecular complexity index is 887. The molecular weight excluding hydrogens is 432 g/mol. The smallest absolute Gasteiger partial charge is 0.126 e. The van der Waals surface area contributed by atoms with Crippen LogP contribution >= 0.6 is 0 Å². The maximum atomic E-state index is 11.8. The van der Waals surface area contributed by atoms with Crippen molar-refractivity contribution < 1.29 is 30.6 Å². The van der Waals surface area contributed by atoms with Gasteiger partial charge in [0.05, 0.1) is 12.2 Å². The average molecular weight is 475 g/mol. The molecule has 0 heterocycles. The van der Waals surface area contributed by atoms with E-state index in [0.717, 1.165) is 42.4 Å². The van der Waals surface area contributed by atoms with E-state index in [4.69, 9.17) is 0 Å². The first kappa shape index (κ1) is 28.4. The van der Waals surface area contributed by atoms with Gasteiger partial charge in [-0.25, -0.2) is 0 Å². The van der Waals surface area contributed by atoms with Crippen LogP contribution in [0.15, 0.2) is 48.5 Å². The third kappa shape index (κ3) is 6.45. The molecule has 0 saturated heterocycles. The molecule has 0 bridgehead atoms. The van der Waals surface area contributed by atoms with Crippen LogP contribution in [0.1, 0.15) is 62.3 Å². The summed E-state index contributed by atoms with van der Waals surface area (Å²) in [7, 11) is 0. The highest BCUT2D eigenvalue weighted by molar-refractivity contribution is 5.32. The lowest BCUT2D eigenvalue weighted by Crippen LogP contribution is -2.66. The summed E-state index contributed by atoms with van der Waals surface area (Å²) in [5.41, 5.74) is -0.518. The molecule has 5 atom stereocenters. The Balaban J connectivity index is 2.52. The van der Waals surface area contributed by atoms with E-state index in [9.17, 15) is 30.6 Å². The predicted molar refractivity (Wildman–Crippen MR) is 134 cm³/mol. The zero-order valence-corrected chi connectivity index (χ0v) is 20.7. The maximum Gasteiger partial charge on any atom is 0.126 e. The summed E-state index contributed by atoms with van der Waals surface area (Å²) >= 11 is 0. The van der Waals surface area contributed by atoms with Gasteiger partial charge in [-0.15, -0.1) is 0 Å². The van der Waals surface area contributed by atoms with Gasteiger partial charge in [-0.05, 0) is 41.5 Å². The van der Waals surface area contributed by atoms with Crippen molar-refractivity contribution in [2.24, 2.45) is 0 Å². The van der Waals surface area contributed by atoms with E-state index in [1.165, 1.54) is 0 Å². The number of aliphatic hydroxyl groups excluding tert-OH is 4. The molecule has 1 unspecified atom stereocenters. The van der Waals surface area contributed by atoms with Gasteiger partial charge in [0, 0.05) is 12.8 Å². The second-order valence-electron chi connectivity index (χ2n) is 9.44. The molecule has 6 N–H and O–H groups in total. The number of rotatable bonds is 14. The van der Waals surface area contributed by atoms with Gasteiger partial charge >= 0.3 is 0 Å². The Hall–Kier alpha value is -1.80. The first-order chi connectivity index (χ1) is 16.2. The summed E-state index contributed by atoms with van der Waals surface area (Å²) in [4.78, 5) is 0. The minimum atomic E-state index is -2.31. The van der Waals surface area contributed by atoms with Gasteiger partial charge in [0.15, 0.2) is 0 Å². The van der Waals surface area contributed by atoms with Crippen LogP contribution in [0.4, 0.5) is 0 Å². The molecule has 0 spiro atoms. The van der Waals surface area contributed by atoms with Crippen molar-refractivity contribution in [1.82, 2.24) is 0 Å². The van der Waals surface area contributed by atoms with E-state index >= 15 is 0 Å². The van der Waals surface area contributed by atoms with Crippen LogP contribution < -0.4 is 0 Å². The molecule has 0 fully saturated rings.